The van der Waals surface area contributed by atoms with Gasteiger partial charge in [-0.3, -0.25) is 0 Å². The van der Waals surface area contributed by atoms with Gasteiger partial charge in [-0.2, -0.15) is 5.10 Å². The molecule has 0 radical (unpaired) electrons. The third kappa shape index (κ3) is 2.28. The van der Waals surface area contributed by atoms with Crippen LogP contribution in [0.5, 0.6) is 0 Å². The molecule has 1 saturated carbocycles. The number of aromatic amines is 1. The van der Waals surface area contributed by atoms with Crippen molar-refractivity contribution in [2.45, 2.75) is 38.1 Å². The van der Waals surface area contributed by atoms with E-state index in [-0.39, 0.29) is 0 Å². The lowest BCUT2D eigenvalue weighted by Crippen LogP contribution is -2.14. The summed E-state index contributed by atoms with van der Waals surface area (Å²) in [5, 5.41) is 6.95. The van der Waals surface area contributed by atoms with Crippen LogP contribution < -0.4 is 5.73 Å². The van der Waals surface area contributed by atoms with Gasteiger partial charge in [0.25, 0.3) is 0 Å². The number of para-hydroxylation sites is 1. The summed E-state index contributed by atoms with van der Waals surface area (Å²) < 4.78 is 2.08. The predicted octanol–water partition coefficient (Wildman–Crippen LogP) is 4.06. The molecule has 0 spiro atoms. The zero-order chi connectivity index (χ0) is 16.8. The fraction of sp³-hybridized carbons (Fsp3) is 0.316. The van der Waals surface area contributed by atoms with Crippen LogP contribution in [-0.2, 0) is 0 Å². The van der Waals surface area contributed by atoms with Crippen LogP contribution in [0, 0.1) is 0 Å². The summed E-state index contributed by atoms with van der Waals surface area (Å²) in [4.78, 5) is 12.2. The summed E-state index contributed by atoms with van der Waals surface area (Å²) in [6, 6.07) is 10.7. The van der Waals surface area contributed by atoms with Gasteiger partial charge >= 0.3 is 0 Å². The number of H-pyrrole nitrogens is 1. The highest BCUT2D eigenvalue weighted by Crippen LogP contribution is 2.36. The van der Waals surface area contributed by atoms with E-state index in [0.29, 0.717) is 11.9 Å². The Morgan fingerprint density at radius 3 is 2.76 bits per heavy atom. The van der Waals surface area contributed by atoms with Crippen LogP contribution in [0.15, 0.2) is 36.7 Å². The lowest BCUT2D eigenvalue weighted by Gasteiger charge is -2.22. The van der Waals surface area contributed by atoms with Gasteiger partial charge < -0.3 is 10.7 Å². The molecule has 5 rings (SSSR count). The zero-order valence-corrected chi connectivity index (χ0v) is 13.9. The first kappa shape index (κ1) is 14.5. The van der Waals surface area contributed by atoms with Gasteiger partial charge in [-0.15, -0.1) is 0 Å². The first-order valence-electron chi connectivity index (χ1n) is 8.88. The fourth-order valence-electron chi connectivity index (χ4n) is 3.97. The van der Waals surface area contributed by atoms with Crippen molar-refractivity contribution in [1.29, 1.82) is 0 Å². The van der Waals surface area contributed by atoms with Crippen molar-refractivity contribution >= 4 is 27.8 Å². The maximum atomic E-state index is 6.21. The Morgan fingerprint density at radius 1 is 1.08 bits per heavy atom. The second-order valence-electron chi connectivity index (χ2n) is 6.81. The van der Waals surface area contributed by atoms with E-state index >= 15 is 0 Å². The molecule has 0 aliphatic heterocycles. The molecule has 0 bridgehead atoms. The minimum atomic E-state index is 0.392. The summed E-state index contributed by atoms with van der Waals surface area (Å²) in [5.74, 6) is 0.487. The van der Waals surface area contributed by atoms with E-state index in [9.17, 15) is 0 Å². The van der Waals surface area contributed by atoms with Crippen molar-refractivity contribution in [2.75, 3.05) is 5.73 Å². The smallest absolute Gasteiger partial charge is 0.164 e. The average molecular weight is 332 g/mol. The fourth-order valence-corrected chi connectivity index (χ4v) is 3.97. The SMILES string of the molecule is Nc1ncnc2c1c(-c1cc3ccccc3[nH]1)nn2C1CCCCC1. The van der Waals surface area contributed by atoms with Gasteiger partial charge in [0.1, 0.15) is 17.8 Å². The van der Waals surface area contributed by atoms with Gasteiger partial charge in [0.15, 0.2) is 5.65 Å². The molecule has 0 atom stereocenters. The first-order chi connectivity index (χ1) is 12.3. The number of nitrogens with two attached hydrogens (primary N) is 1. The van der Waals surface area contributed by atoms with E-state index in [0.717, 1.165) is 46.2 Å². The molecule has 6 nitrogen and oxygen atoms in total. The van der Waals surface area contributed by atoms with Crippen LogP contribution in [0.25, 0.3) is 33.3 Å². The van der Waals surface area contributed by atoms with Crippen molar-refractivity contribution < 1.29 is 0 Å². The molecule has 0 unspecified atom stereocenters. The summed E-state index contributed by atoms with van der Waals surface area (Å²) >= 11 is 0. The number of hydrogen-bond donors (Lipinski definition) is 2. The minimum absolute atomic E-state index is 0.392. The maximum absolute atomic E-state index is 6.21. The molecule has 0 amide bonds. The van der Waals surface area contributed by atoms with Crippen molar-refractivity contribution in [3.8, 4) is 11.4 Å². The lowest BCUT2D eigenvalue weighted by molar-refractivity contribution is 0.336. The molecule has 3 aromatic heterocycles. The van der Waals surface area contributed by atoms with E-state index in [4.69, 9.17) is 10.8 Å². The standard InChI is InChI=1S/C19H20N6/c20-18-16-17(15-10-12-6-4-5-9-14(12)23-15)24-25(19(16)22-11-21-18)13-7-2-1-3-8-13/h4-6,9-11,13,23H,1-3,7-8H2,(H2,20,21,22). The Morgan fingerprint density at radius 2 is 1.92 bits per heavy atom. The molecule has 126 valence electrons. The topological polar surface area (TPSA) is 85.4 Å². The normalized spacial score (nSPS) is 16.0. The van der Waals surface area contributed by atoms with Gasteiger partial charge in [-0.05, 0) is 25.0 Å². The number of rotatable bonds is 2. The number of nitrogen functional groups attached to an aromatic ring is 1. The highest BCUT2D eigenvalue weighted by atomic mass is 15.3. The molecule has 6 heteroatoms. The first-order valence-corrected chi connectivity index (χ1v) is 8.88. The molecule has 1 aromatic carbocycles. The Labute approximate surface area is 145 Å². The molecule has 25 heavy (non-hydrogen) atoms. The highest BCUT2D eigenvalue weighted by molar-refractivity contribution is 5.99. The monoisotopic (exact) mass is 332 g/mol. The molecule has 3 N–H and O–H groups in total. The van der Waals surface area contributed by atoms with Crippen LogP contribution in [0.1, 0.15) is 38.1 Å². The van der Waals surface area contributed by atoms with E-state index in [1.165, 1.54) is 25.6 Å². The number of anilines is 1. The molecule has 3 heterocycles. The molecule has 1 aliphatic rings. The third-order valence-corrected chi connectivity index (χ3v) is 5.22. The van der Waals surface area contributed by atoms with Crippen LogP contribution in [0.3, 0.4) is 0 Å². The van der Waals surface area contributed by atoms with Crippen molar-refractivity contribution in [1.82, 2.24) is 24.7 Å². The number of hydrogen-bond acceptors (Lipinski definition) is 4. The van der Waals surface area contributed by atoms with E-state index in [2.05, 4.69) is 37.8 Å². The lowest BCUT2D eigenvalue weighted by atomic mass is 9.96. The molecule has 0 saturated heterocycles. The summed E-state index contributed by atoms with van der Waals surface area (Å²) in [6.45, 7) is 0. The average Bonchev–Trinajstić information content (AvgIpc) is 3.24. The second-order valence-corrected chi connectivity index (χ2v) is 6.81. The Kier molecular flexibility index (Phi) is 3.23. The molecule has 4 aromatic rings. The van der Waals surface area contributed by atoms with E-state index < -0.39 is 0 Å². The number of nitrogens with one attached hydrogen (secondary N) is 1. The van der Waals surface area contributed by atoms with Crippen LogP contribution in [-0.4, -0.2) is 24.7 Å². The maximum Gasteiger partial charge on any atom is 0.164 e. The van der Waals surface area contributed by atoms with Gasteiger partial charge in [0.05, 0.1) is 17.1 Å². The van der Waals surface area contributed by atoms with Crippen molar-refractivity contribution in [3.63, 3.8) is 0 Å². The van der Waals surface area contributed by atoms with Crippen molar-refractivity contribution in [2.24, 2.45) is 0 Å². The van der Waals surface area contributed by atoms with Crippen molar-refractivity contribution in [3.05, 3.63) is 36.7 Å². The number of nitrogens with zero attached hydrogens (tertiary/aromatic N) is 4. The van der Waals surface area contributed by atoms with Gasteiger partial charge in [0.2, 0.25) is 0 Å². The number of fused-ring (bicyclic) bond motifs is 2. The Bertz CT molecular complexity index is 1020. The zero-order valence-electron chi connectivity index (χ0n) is 13.9. The summed E-state index contributed by atoms with van der Waals surface area (Å²) in [7, 11) is 0. The van der Waals surface area contributed by atoms with Gasteiger partial charge in [-0.25, -0.2) is 14.6 Å². The summed E-state index contributed by atoms with van der Waals surface area (Å²) in [6.07, 6.45) is 7.62. The minimum Gasteiger partial charge on any atom is -0.383 e. The Balaban J connectivity index is 1.74. The van der Waals surface area contributed by atoms with Crippen LogP contribution in [0.2, 0.25) is 0 Å². The Hall–Kier alpha value is -2.89. The van der Waals surface area contributed by atoms with E-state index in [1.807, 2.05) is 12.1 Å². The predicted molar refractivity (Wildman–Crippen MR) is 99.2 cm³/mol. The number of benzene rings is 1. The third-order valence-electron chi connectivity index (χ3n) is 5.22. The number of aromatic nitrogens is 5. The quantitative estimate of drug-likeness (QED) is 0.579. The largest absolute Gasteiger partial charge is 0.383 e. The van der Waals surface area contributed by atoms with Gasteiger partial charge in [-0.1, -0.05) is 37.5 Å². The molecule has 1 fully saturated rings. The second kappa shape index (κ2) is 5.58. The highest BCUT2D eigenvalue weighted by Gasteiger charge is 2.24. The molecular formula is C19H20N6. The van der Waals surface area contributed by atoms with E-state index in [1.54, 1.807) is 0 Å². The van der Waals surface area contributed by atoms with Crippen LogP contribution in [0.4, 0.5) is 5.82 Å². The van der Waals surface area contributed by atoms with Gasteiger partial charge in [0, 0.05) is 10.9 Å². The van der Waals surface area contributed by atoms with Crippen LogP contribution >= 0.6 is 0 Å². The molecular weight excluding hydrogens is 312 g/mol. The molecule has 1 aliphatic carbocycles. The summed E-state index contributed by atoms with van der Waals surface area (Å²) in [5.41, 5.74) is 9.95.